The van der Waals surface area contributed by atoms with Crippen molar-refractivity contribution in [2.75, 3.05) is 0 Å². The zero-order valence-electron chi connectivity index (χ0n) is 17.0. The lowest BCUT2D eigenvalue weighted by Crippen LogP contribution is -2.49. The SMILES string of the molecule is C[Si]1(C)c2ccccc2-c2ccc3c4ccccc4n(-c4ccccc4C#N)c3c21. The van der Waals surface area contributed by atoms with Crippen LogP contribution in [0.5, 0.6) is 0 Å². The topological polar surface area (TPSA) is 28.7 Å². The Hall–Kier alpha value is -3.61. The van der Waals surface area contributed by atoms with Gasteiger partial charge in [-0.25, -0.2) is 0 Å². The van der Waals surface area contributed by atoms with E-state index in [2.05, 4.69) is 90.5 Å². The first-order valence-corrected chi connectivity index (χ1v) is 13.3. The molecule has 0 unspecified atom stereocenters. The molecule has 0 fully saturated rings. The molecule has 30 heavy (non-hydrogen) atoms. The van der Waals surface area contributed by atoms with Crippen LogP contribution >= 0.6 is 0 Å². The fourth-order valence-corrected chi connectivity index (χ4v) is 8.73. The average Bonchev–Trinajstić information content (AvgIpc) is 3.23. The summed E-state index contributed by atoms with van der Waals surface area (Å²) in [4.78, 5) is 0. The highest BCUT2D eigenvalue weighted by atomic mass is 28.3. The van der Waals surface area contributed by atoms with Crippen LogP contribution in [0.3, 0.4) is 0 Å². The van der Waals surface area contributed by atoms with E-state index < -0.39 is 8.07 Å². The van der Waals surface area contributed by atoms with Crippen molar-refractivity contribution < 1.29 is 0 Å². The number of benzene rings is 4. The van der Waals surface area contributed by atoms with Crippen LogP contribution in [0, 0.1) is 11.3 Å². The summed E-state index contributed by atoms with van der Waals surface area (Å²) in [6.45, 7) is 4.91. The lowest BCUT2D eigenvalue weighted by Gasteiger charge is -2.21. The zero-order chi connectivity index (χ0) is 20.5. The number of aromatic nitrogens is 1. The van der Waals surface area contributed by atoms with E-state index in [4.69, 9.17) is 0 Å². The largest absolute Gasteiger partial charge is 0.308 e. The second-order valence-corrected chi connectivity index (χ2v) is 12.8. The summed E-state index contributed by atoms with van der Waals surface area (Å²) < 4.78 is 2.34. The van der Waals surface area contributed by atoms with Gasteiger partial charge in [0.1, 0.15) is 14.1 Å². The number of hydrogen-bond donors (Lipinski definition) is 0. The molecule has 6 rings (SSSR count). The monoisotopic (exact) mass is 400 g/mol. The molecule has 0 saturated carbocycles. The van der Waals surface area contributed by atoms with Crippen molar-refractivity contribution in [2.45, 2.75) is 13.1 Å². The smallest absolute Gasteiger partial charge is 0.116 e. The number of nitriles is 1. The molecule has 0 spiro atoms. The highest BCUT2D eigenvalue weighted by molar-refractivity contribution is 7.05. The third-order valence-electron chi connectivity index (χ3n) is 6.62. The van der Waals surface area contributed by atoms with Crippen LogP contribution in [0.2, 0.25) is 13.1 Å². The molecule has 0 aliphatic carbocycles. The van der Waals surface area contributed by atoms with Gasteiger partial charge in [-0.3, -0.25) is 0 Å². The minimum atomic E-state index is -1.90. The van der Waals surface area contributed by atoms with Gasteiger partial charge in [0.2, 0.25) is 0 Å². The van der Waals surface area contributed by atoms with E-state index in [1.54, 1.807) is 0 Å². The highest BCUT2D eigenvalue weighted by Crippen LogP contribution is 2.38. The second-order valence-electron chi connectivity index (χ2n) is 8.54. The number of hydrogen-bond acceptors (Lipinski definition) is 1. The van der Waals surface area contributed by atoms with Crippen molar-refractivity contribution in [3.05, 3.63) is 90.5 Å². The first kappa shape index (κ1) is 17.3. The van der Waals surface area contributed by atoms with Gasteiger partial charge in [-0.1, -0.05) is 79.8 Å². The fraction of sp³-hybridized carbons (Fsp3) is 0.0741. The van der Waals surface area contributed by atoms with Crippen molar-refractivity contribution in [1.82, 2.24) is 4.57 Å². The lowest BCUT2D eigenvalue weighted by molar-refractivity contribution is 1.17. The van der Waals surface area contributed by atoms with Crippen LogP contribution in [0.1, 0.15) is 5.56 Å². The summed E-state index contributed by atoms with van der Waals surface area (Å²) in [6, 6.07) is 32.4. The van der Waals surface area contributed by atoms with Crippen LogP contribution in [-0.4, -0.2) is 12.6 Å². The molecule has 3 heteroatoms. The molecule has 4 aromatic carbocycles. The van der Waals surface area contributed by atoms with Crippen LogP contribution in [0.25, 0.3) is 38.6 Å². The summed E-state index contributed by atoms with van der Waals surface area (Å²) in [6.07, 6.45) is 0. The van der Waals surface area contributed by atoms with Crippen LogP contribution in [-0.2, 0) is 0 Å². The van der Waals surface area contributed by atoms with Gasteiger partial charge in [0, 0.05) is 10.8 Å². The standard InChI is InChI=1S/C27H20N2Si/c1-30(2)25-14-8-5-11-20(25)22-16-15-21-19-10-4-7-13-24(19)29(26(21)27(22)30)23-12-6-3-9-18(23)17-28/h3-16H,1-2H3. The maximum Gasteiger partial charge on any atom is 0.116 e. The molecule has 0 atom stereocenters. The molecule has 0 bridgehead atoms. The van der Waals surface area contributed by atoms with E-state index in [9.17, 15) is 5.26 Å². The molecule has 1 aliphatic heterocycles. The van der Waals surface area contributed by atoms with Crippen molar-refractivity contribution in [1.29, 1.82) is 5.26 Å². The Morgan fingerprint density at radius 2 is 1.47 bits per heavy atom. The van der Waals surface area contributed by atoms with Gasteiger partial charge in [0.25, 0.3) is 0 Å². The summed E-state index contributed by atoms with van der Waals surface area (Å²) in [5.41, 5.74) is 6.81. The molecule has 1 aromatic heterocycles. The molecule has 142 valence electrons. The van der Waals surface area contributed by atoms with Gasteiger partial charge in [0.05, 0.1) is 22.3 Å². The van der Waals surface area contributed by atoms with E-state index in [1.807, 2.05) is 18.2 Å². The van der Waals surface area contributed by atoms with Gasteiger partial charge < -0.3 is 4.57 Å². The van der Waals surface area contributed by atoms with Crippen LogP contribution in [0.15, 0.2) is 84.9 Å². The Morgan fingerprint density at radius 3 is 2.33 bits per heavy atom. The van der Waals surface area contributed by atoms with E-state index in [0.717, 1.165) is 11.2 Å². The predicted molar refractivity (Wildman–Crippen MR) is 128 cm³/mol. The minimum Gasteiger partial charge on any atom is -0.308 e. The molecule has 2 nitrogen and oxygen atoms in total. The van der Waals surface area contributed by atoms with E-state index in [0.29, 0.717) is 5.56 Å². The van der Waals surface area contributed by atoms with Crippen molar-refractivity contribution in [2.24, 2.45) is 0 Å². The third kappa shape index (κ3) is 2.06. The van der Waals surface area contributed by atoms with E-state index in [-0.39, 0.29) is 0 Å². The van der Waals surface area contributed by atoms with Gasteiger partial charge >= 0.3 is 0 Å². The highest BCUT2D eigenvalue weighted by Gasteiger charge is 2.40. The molecule has 1 aliphatic rings. The van der Waals surface area contributed by atoms with Gasteiger partial charge in [-0.2, -0.15) is 5.26 Å². The molecular weight excluding hydrogens is 380 g/mol. The maximum absolute atomic E-state index is 9.84. The predicted octanol–water partition coefficient (Wildman–Crippen LogP) is 5.46. The van der Waals surface area contributed by atoms with Gasteiger partial charge in [-0.05, 0) is 39.7 Å². The molecule has 0 amide bonds. The summed E-state index contributed by atoms with van der Waals surface area (Å²) in [7, 11) is -1.90. The first-order chi connectivity index (χ1) is 14.6. The quantitative estimate of drug-likeness (QED) is 0.344. The minimum absolute atomic E-state index is 0.702. The maximum atomic E-state index is 9.84. The third-order valence-corrected chi connectivity index (χ3v) is 10.2. The van der Waals surface area contributed by atoms with Gasteiger partial charge in [-0.15, -0.1) is 0 Å². The summed E-state index contributed by atoms with van der Waals surface area (Å²) in [5, 5.41) is 15.3. The Kier molecular flexibility index (Phi) is 3.42. The molecular formula is C27H20N2Si. The normalized spacial score (nSPS) is 13.9. The first-order valence-electron chi connectivity index (χ1n) is 10.3. The van der Waals surface area contributed by atoms with Crippen LogP contribution in [0.4, 0.5) is 0 Å². The summed E-state index contributed by atoms with van der Waals surface area (Å²) >= 11 is 0. The van der Waals surface area contributed by atoms with Crippen molar-refractivity contribution in [3.8, 4) is 22.9 Å². The molecule has 2 heterocycles. The van der Waals surface area contributed by atoms with E-state index in [1.165, 1.54) is 37.8 Å². The second kappa shape index (κ2) is 5.95. The van der Waals surface area contributed by atoms with E-state index >= 15 is 0 Å². The van der Waals surface area contributed by atoms with Gasteiger partial charge in [0.15, 0.2) is 0 Å². The average molecular weight is 401 g/mol. The molecule has 0 saturated heterocycles. The number of para-hydroxylation sites is 2. The fourth-order valence-electron chi connectivity index (χ4n) is 5.33. The van der Waals surface area contributed by atoms with Crippen LogP contribution < -0.4 is 10.4 Å². The zero-order valence-corrected chi connectivity index (χ0v) is 18.0. The number of nitrogens with zero attached hydrogens (tertiary/aromatic N) is 2. The molecule has 5 aromatic rings. The number of rotatable bonds is 1. The summed E-state index contributed by atoms with van der Waals surface area (Å²) in [5.74, 6) is 0. The molecule has 0 radical (unpaired) electrons. The lowest BCUT2D eigenvalue weighted by atomic mass is 10.0. The molecule has 0 N–H and O–H groups in total. The number of fused-ring (bicyclic) bond motifs is 7. The van der Waals surface area contributed by atoms with Crippen molar-refractivity contribution >= 4 is 40.3 Å². The Morgan fingerprint density at radius 1 is 0.733 bits per heavy atom. The Bertz CT molecular complexity index is 1530. The Balaban J connectivity index is 1.87. The Labute approximate surface area is 176 Å². The van der Waals surface area contributed by atoms with Crippen molar-refractivity contribution in [3.63, 3.8) is 0 Å².